The Hall–Kier alpha value is -1.43. The fraction of sp³-hybridized carbons (Fsp3) is 0.750. The molecule has 100 valence electrons. The van der Waals surface area contributed by atoms with Gasteiger partial charge in [-0.25, -0.2) is 0 Å². The van der Waals surface area contributed by atoms with E-state index in [9.17, 15) is 4.79 Å². The molecule has 1 aromatic rings. The van der Waals surface area contributed by atoms with E-state index in [1.807, 2.05) is 15.8 Å². The van der Waals surface area contributed by atoms with Gasteiger partial charge in [0.15, 0.2) is 0 Å². The quantitative estimate of drug-likeness (QED) is 0.763. The number of aryl methyl sites for hydroxylation is 1. The van der Waals surface area contributed by atoms with Crippen molar-refractivity contribution in [1.29, 1.82) is 0 Å². The molecule has 1 N–H and O–H groups in total. The van der Waals surface area contributed by atoms with Crippen molar-refractivity contribution in [3.63, 3.8) is 0 Å². The highest BCUT2D eigenvalue weighted by atomic mass is 16.2. The predicted molar refractivity (Wildman–Crippen MR) is 67.9 cm³/mol. The number of amides is 1. The van der Waals surface area contributed by atoms with Gasteiger partial charge in [-0.3, -0.25) is 9.48 Å². The van der Waals surface area contributed by atoms with Crippen LogP contribution in [-0.2, 0) is 11.3 Å². The first-order valence-corrected chi connectivity index (χ1v) is 6.58. The van der Waals surface area contributed by atoms with Crippen molar-refractivity contribution in [2.45, 2.75) is 38.8 Å². The topological polar surface area (TPSA) is 63.1 Å². The van der Waals surface area contributed by atoms with Gasteiger partial charge in [0, 0.05) is 38.8 Å². The van der Waals surface area contributed by atoms with E-state index in [1.54, 1.807) is 13.1 Å². The van der Waals surface area contributed by atoms with E-state index >= 15 is 0 Å². The summed E-state index contributed by atoms with van der Waals surface area (Å²) in [6, 6.07) is 0.552. The monoisotopic (exact) mass is 251 g/mol. The summed E-state index contributed by atoms with van der Waals surface area (Å²) in [7, 11) is 0. The van der Waals surface area contributed by atoms with Crippen LogP contribution in [0.15, 0.2) is 12.4 Å². The van der Waals surface area contributed by atoms with Crippen LogP contribution in [0.3, 0.4) is 0 Å². The van der Waals surface area contributed by atoms with Gasteiger partial charge in [0.05, 0.1) is 6.20 Å². The Labute approximate surface area is 107 Å². The zero-order valence-electron chi connectivity index (χ0n) is 10.9. The van der Waals surface area contributed by atoms with E-state index in [0.717, 1.165) is 45.4 Å². The van der Waals surface area contributed by atoms with E-state index in [4.69, 9.17) is 0 Å². The van der Waals surface area contributed by atoms with Crippen molar-refractivity contribution >= 4 is 5.91 Å². The van der Waals surface area contributed by atoms with Crippen molar-refractivity contribution in [2.75, 3.05) is 19.6 Å². The van der Waals surface area contributed by atoms with E-state index in [1.165, 1.54) is 0 Å². The Morgan fingerprint density at radius 3 is 2.83 bits per heavy atom. The molecule has 0 atom stereocenters. The van der Waals surface area contributed by atoms with Gasteiger partial charge in [0.25, 0.3) is 0 Å². The number of carbonyl (C=O) groups is 1. The van der Waals surface area contributed by atoms with Gasteiger partial charge in [0.1, 0.15) is 0 Å². The van der Waals surface area contributed by atoms with Crippen LogP contribution in [0.1, 0.15) is 26.2 Å². The summed E-state index contributed by atoms with van der Waals surface area (Å²) in [6.45, 7) is 5.31. The molecular formula is C12H21N5O. The summed E-state index contributed by atoms with van der Waals surface area (Å²) in [5.74, 6) is 0.194. The SMILES string of the molecule is CC(=O)N1CCC(NCCCn2ccnn2)CC1. The minimum Gasteiger partial charge on any atom is -0.343 e. The van der Waals surface area contributed by atoms with Crippen LogP contribution in [0, 0.1) is 0 Å². The lowest BCUT2D eigenvalue weighted by Crippen LogP contribution is -2.44. The molecule has 0 spiro atoms. The Kier molecular flexibility index (Phi) is 4.69. The van der Waals surface area contributed by atoms with Crippen LogP contribution in [0.5, 0.6) is 0 Å². The van der Waals surface area contributed by atoms with E-state index < -0.39 is 0 Å². The number of nitrogens with zero attached hydrogens (tertiary/aromatic N) is 4. The Balaban J connectivity index is 1.57. The third kappa shape index (κ3) is 3.80. The van der Waals surface area contributed by atoms with E-state index in [2.05, 4.69) is 15.6 Å². The smallest absolute Gasteiger partial charge is 0.219 e. The number of carbonyl (C=O) groups excluding carboxylic acids is 1. The number of nitrogens with one attached hydrogen (secondary N) is 1. The minimum atomic E-state index is 0.194. The maximum Gasteiger partial charge on any atom is 0.219 e. The van der Waals surface area contributed by atoms with Gasteiger partial charge in [-0.1, -0.05) is 5.21 Å². The van der Waals surface area contributed by atoms with Gasteiger partial charge in [-0.05, 0) is 25.8 Å². The standard InChI is InChI=1S/C12H21N5O/c1-11(18)16-8-3-12(4-9-16)13-5-2-7-17-10-6-14-15-17/h6,10,12-13H,2-5,7-9H2,1H3. The van der Waals surface area contributed by atoms with Gasteiger partial charge in [-0.2, -0.15) is 0 Å². The number of rotatable bonds is 5. The molecule has 2 heterocycles. The number of aromatic nitrogens is 3. The first-order valence-electron chi connectivity index (χ1n) is 6.58. The largest absolute Gasteiger partial charge is 0.343 e. The lowest BCUT2D eigenvalue weighted by molar-refractivity contribution is -0.129. The molecule has 1 aliphatic heterocycles. The molecule has 1 aliphatic rings. The summed E-state index contributed by atoms with van der Waals surface area (Å²) in [5, 5.41) is 11.2. The molecular weight excluding hydrogens is 230 g/mol. The fourth-order valence-electron chi connectivity index (χ4n) is 2.30. The lowest BCUT2D eigenvalue weighted by atomic mass is 10.1. The highest BCUT2D eigenvalue weighted by Gasteiger charge is 2.19. The average Bonchev–Trinajstić information content (AvgIpc) is 2.88. The molecule has 1 saturated heterocycles. The van der Waals surface area contributed by atoms with Gasteiger partial charge in [0.2, 0.25) is 5.91 Å². The van der Waals surface area contributed by atoms with Crippen molar-refractivity contribution < 1.29 is 4.79 Å². The van der Waals surface area contributed by atoms with Crippen molar-refractivity contribution in [2.24, 2.45) is 0 Å². The van der Waals surface area contributed by atoms with Crippen LogP contribution in [0.2, 0.25) is 0 Å². The highest BCUT2D eigenvalue weighted by molar-refractivity contribution is 5.73. The second-order valence-electron chi connectivity index (χ2n) is 4.75. The van der Waals surface area contributed by atoms with Crippen molar-refractivity contribution in [3.8, 4) is 0 Å². The number of hydrogen-bond donors (Lipinski definition) is 1. The summed E-state index contributed by atoms with van der Waals surface area (Å²) < 4.78 is 1.85. The maximum atomic E-state index is 11.2. The first-order chi connectivity index (χ1) is 8.75. The molecule has 1 fully saturated rings. The third-order valence-corrected chi connectivity index (χ3v) is 3.41. The number of hydrogen-bond acceptors (Lipinski definition) is 4. The Morgan fingerprint density at radius 1 is 1.44 bits per heavy atom. The first kappa shape index (κ1) is 13.0. The second-order valence-corrected chi connectivity index (χ2v) is 4.75. The molecule has 2 rings (SSSR count). The summed E-state index contributed by atoms with van der Waals surface area (Å²) >= 11 is 0. The number of piperidine rings is 1. The molecule has 18 heavy (non-hydrogen) atoms. The van der Waals surface area contributed by atoms with Crippen LogP contribution >= 0.6 is 0 Å². The number of likely N-dealkylation sites (tertiary alicyclic amines) is 1. The highest BCUT2D eigenvalue weighted by Crippen LogP contribution is 2.10. The molecule has 6 heteroatoms. The van der Waals surface area contributed by atoms with Gasteiger partial charge >= 0.3 is 0 Å². The minimum absolute atomic E-state index is 0.194. The molecule has 0 aromatic carbocycles. The molecule has 1 amide bonds. The van der Waals surface area contributed by atoms with Gasteiger partial charge in [-0.15, -0.1) is 5.10 Å². The van der Waals surface area contributed by atoms with Crippen molar-refractivity contribution in [3.05, 3.63) is 12.4 Å². The molecule has 6 nitrogen and oxygen atoms in total. The molecule has 1 aromatic heterocycles. The van der Waals surface area contributed by atoms with Crippen LogP contribution in [0.4, 0.5) is 0 Å². The Morgan fingerprint density at radius 2 is 2.22 bits per heavy atom. The van der Waals surface area contributed by atoms with Crippen LogP contribution < -0.4 is 5.32 Å². The zero-order valence-corrected chi connectivity index (χ0v) is 10.9. The Bertz CT molecular complexity index is 357. The average molecular weight is 251 g/mol. The molecule has 0 aliphatic carbocycles. The maximum absolute atomic E-state index is 11.2. The second kappa shape index (κ2) is 6.49. The normalized spacial score (nSPS) is 17.1. The van der Waals surface area contributed by atoms with Crippen LogP contribution in [-0.4, -0.2) is 51.5 Å². The van der Waals surface area contributed by atoms with E-state index in [0.29, 0.717) is 6.04 Å². The zero-order chi connectivity index (χ0) is 12.8. The van der Waals surface area contributed by atoms with Crippen molar-refractivity contribution in [1.82, 2.24) is 25.2 Å². The van der Waals surface area contributed by atoms with E-state index in [-0.39, 0.29) is 5.91 Å². The molecule has 0 bridgehead atoms. The summed E-state index contributed by atoms with van der Waals surface area (Å²) in [5.41, 5.74) is 0. The molecule has 0 radical (unpaired) electrons. The fourth-order valence-corrected chi connectivity index (χ4v) is 2.30. The van der Waals surface area contributed by atoms with Gasteiger partial charge < -0.3 is 10.2 Å². The summed E-state index contributed by atoms with van der Waals surface area (Å²) in [4.78, 5) is 13.1. The summed E-state index contributed by atoms with van der Waals surface area (Å²) in [6.07, 6.45) is 6.75. The molecule has 0 saturated carbocycles. The predicted octanol–water partition coefficient (Wildman–Crippen LogP) is 0.269. The lowest BCUT2D eigenvalue weighted by Gasteiger charge is -2.31. The van der Waals surface area contributed by atoms with Crippen LogP contribution in [0.25, 0.3) is 0 Å². The molecule has 0 unspecified atom stereocenters. The third-order valence-electron chi connectivity index (χ3n) is 3.41.